The number of allylic oxidation sites excluding steroid dienone is 8. The third-order valence-corrected chi connectivity index (χ3v) is 5.93. The fraction of sp³-hybridized carbons (Fsp3) is 0.385. The monoisotopic (exact) mass is 288 g/mol. The summed E-state index contributed by atoms with van der Waals surface area (Å²) in [5.74, 6) is 0. The van der Waals surface area contributed by atoms with Gasteiger partial charge in [-0.25, -0.2) is 0 Å². The Morgan fingerprint density at radius 2 is 1.38 bits per heavy atom. The van der Waals surface area contributed by atoms with Gasteiger partial charge in [0.05, 0.1) is 0 Å². The summed E-state index contributed by atoms with van der Waals surface area (Å²) in [5, 5.41) is 0. The average Bonchev–Trinajstić information content (AvgIpc) is 2.71. The van der Waals surface area contributed by atoms with Crippen LogP contribution in [0.2, 0.25) is 0 Å². The smallest absolute Gasteiger partial charge is 1.00 e. The minimum Gasteiger partial charge on any atom is -1.00 e. The minimum atomic E-state index is 0. The van der Waals surface area contributed by atoms with E-state index < -0.39 is 0 Å². The first-order chi connectivity index (χ1) is 6.69. The second-order valence-corrected chi connectivity index (χ2v) is 7.02. The first-order valence-electron chi connectivity index (χ1n) is 5.27. The number of rotatable bonds is 0. The summed E-state index contributed by atoms with van der Waals surface area (Å²) in [6, 6.07) is 0. The molecule has 0 aromatic rings. The first-order valence-corrected chi connectivity index (χ1v) is 6.83. The molecule has 0 amide bonds. The average molecular weight is 289 g/mol. The molecule has 0 saturated carbocycles. The minimum absolute atomic E-state index is 0. The molecule has 0 nitrogen and oxygen atoms in total. The molecule has 0 N–H and O–H groups in total. The van der Waals surface area contributed by atoms with Crippen LogP contribution in [0, 0.1) is 5.41 Å². The molecule has 84 valence electrons. The molecule has 0 saturated heterocycles. The maximum atomic E-state index is 2.38. The van der Waals surface area contributed by atoms with E-state index in [9.17, 15) is 0 Å². The number of hydrogen-bond donors (Lipinski definition) is 0. The van der Waals surface area contributed by atoms with Crippen molar-refractivity contribution in [2.24, 2.45) is 5.41 Å². The fourth-order valence-electron chi connectivity index (χ4n) is 2.75. The summed E-state index contributed by atoms with van der Waals surface area (Å²) < 4.78 is 3.58. The van der Waals surface area contributed by atoms with Gasteiger partial charge in [0.25, 0.3) is 0 Å². The molecule has 3 heteroatoms. The predicted octanol–water partition coefficient (Wildman–Crippen LogP) is -2.46. The van der Waals surface area contributed by atoms with E-state index in [-0.39, 0.29) is 44.0 Å². The van der Waals surface area contributed by atoms with Crippen molar-refractivity contribution in [2.45, 2.75) is 26.7 Å². The van der Waals surface area contributed by atoms with Crippen LogP contribution in [0.3, 0.4) is 0 Å². The zero-order valence-electron chi connectivity index (χ0n) is 9.48. The zero-order valence-corrected chi connectivity index (χ0v) is 12.6. The Morgan fingerprint density at radius 3 is 1.81 bits per heavy atom. The van der Waals surface area contributed by atoms with Crippen molar-refractivity contribution >= 4 is 0 Å². The van der Waals surface area contributed by atoms with Crippen LogP contribution in [0.1, 0.15) is 26.7 Å². The first kappa shape index (κ1) is 14.3. The topological polar surface area (TPSA) is 0 Å². The molecule has 1 heterocycles. The molecule has 3 aliphatic rings. The van der Waals surface area contributed by atoms with Crippen LogP contribution in [-0.2, 0) is 19.2 Å². The van der Waals surface area contributed by atoms with Crippen molar-refractivity contribution in [3.05, 3.63) is 43.2 Å². The Bertz CT molecular complexity index is 387. The molecule has 0 spiro atoms. The maximum Gasteiger partial charge on any atom is -1.00 e. The van der Waals surface area contributed by atoms with Gasteiger partial charge in [-0.1, -0.05) is 0 Å². The van der Waals surface area contributed by atoms with Crippen molar-refractivity contribution in [1.82, 2.24) is 0 Å². The summed E-state index contributed by atoms with van der Waals surface area (Å²) in [4.78, 5) is 0. The standard InChI is InChI=1S/C13H14.2ClH.Ti/c1-13(2,11-7-3-4-8-11)12-9-5-6-10-12;;;/h3,5,7,9H,4,6H2,1-2H3;2*1H;/q;;;+2/p-2. The molecule has 0 aromatic carbocycles. The van der Waals surface area contributed by atoms with E-state index in [1.54, 1.807) is 18.9 Å². The Hall–Kier alpha value is 0.254. The summed E-state index contributed by atoms with van der Waals surface area (Å²) in [6.45, 7) is 4.77. The van der Waals surface area contributed by atoms with E-state index in [0.29, 0.717) is 5.41 Å². The van der Waals surface area contributed by atoms with Crippen LogP contribution in [0.4, 0.5) is 0 Å². The van der Waals surface area contributed by atoms with Gasteiger partial charge >= 0.3 is 94.5 Å². The molecule has 0 aromatic heterocycles. The fourth-order valence-corrected chi connectivity index (χ4v) is 5.66. The Kier molecular flexibility index (Phi) is 4.35. The number of hydrogen-bond acceptors (Lipinski definition) is 0. The van der Waals surface area contributed by atoms with E-state index in [1.807, 2.05) is 0 Å². The van der Waals surface area contributed by atoms with Gasteiger partial charge in [-0.2, -0.15) is 0 Å². The van der Waals surface area contributed by atoms with E-state index in [4.69, 9.17) is 0 Å². The molecule has 16 heavy (non-hydrogen) atoms. The second-order valence-electron chi connectivity index (χ2n) is 4.75. The summed E-state index contributed by atoms with van der Waals surface area (Å²) in [6.07, 6.45) is 11.9. The molecule has 2 aliphatic carbocycles. The van der Waals surface area contributed by atoms with Crippen molar-refractivity contribution in [1.29, 1.82) is 0 Å². The molecule has 1 aliphatic heterocycles. The van der Waals surface area contributed by atoms with E-state index in [2.05, 4.69) is 38.2 Å². The molecule has 0 unspecified atom stereocenters. The third kappa shape index (κ3) is 1.91. The quantitative estimate of drug-likeness (QED) is 0.434. The van der Waals surface area contributed by atoms with Crippen molar-refractivity contribution in [3.63, 3.8) is 0 Å². The van der Waals surface area contributed by atoms with Gasteiger partial charge in [-0.15, -0.1) is 0 Å². The molecule has 0 atom stereocenters. The van der Waals surface area contributed by atoms with E-state index >= 15 is 0 Å². The van der Waals surface area contributed by atoms with Crippen LogP contribution in [0.15, 0.2) is 43.2 Å². The van der Waals surface area contributed by atoms with Gasteiger partial charge in [-0.05, 0) is 0 Å². The van der Waals surface area contributed by atoms with Crippen LogP contribution >= 0.6 is 0 Å². The van der Waals surface area contributed by atoms with Crippen LogP contribution < -0.4 is 24.8 Å². The summed E-state index contributed by atoms with van der Waals surface area (Å²) >= 11 is 0.0618. The van der Waals surface area contributed by atoms with Gasteiger partial charge in [0, 0.05) is 0 Å². The summed E-state index contributed by atoms with van der Waals surface area (Å²) in [7, 11) is 0. The maximum absolute atomic E-state index is 2.38. The molecule has 3 rings (SSSR count). The van der Waals surface area contributed by atoms with Crippen LogP contribution in [0.5, 0.6) is 0 Å². The SMILES string of the molecule is CC1(C)C2=[C](CC=C2)[Ti+2][C]2=C1C=CC2.[Cl-].[Cl-]. The van der Waals surface area contributed by atoms with Crippen molar-refractivity contribution < 1.29 is 44.0 Å². The van der Waals surface area contributed by atoms with Gasteiger partial charge in [0.15, 0.2) is 0 Å². The Balaban J connectivity index is 0.000000640. The van der Waals surface area contributed by atoms with E-state index in [1.165, 1.54) is 12.8 Å². The normalized spacial score (nSPS) is 22.9. The van der Waals surface area contributed by atoms with Gasteiger partial charge < -0.3 is 24.8 Å². The van der Waals surface area contributed by atoms with Crippen molar-refractivity contribution in [3.8, 4) is 0 Å². The molecule has 0 bridgehead atoms. The number of halogens is 2. The van der Waals surface area contributed by atoms with Crippen LogP contribution in [0.25, 0.3) is 0 Å². The largest absolute Gasteiger partial charge is 1.00 e. The second kappa shape index (κ2) is 4.86. The van der Waals surface area contributed by atoms with Crippen molar-refractivity contribution in [2.75, 3.05) is 0 Å². The Labute approximate surface area is 119 Å². The summed E-state index contributed by atoms with van der Waals surface area (Å²) in [5.41, 5.74) is 3.58. The van der Waals surface area contributed by atoms with Crippen LogP contribution in [-0.4, -0.2) is 0 Å². The third-order valence-electron chi connectivity index (χ3n) is 3.51. The predicted molar refractivity (Wildman–Crippen MR) is 55.3 cm³/mol. The molecular formula is C13H14Cl2Ti. The molecular weight excluding hydrogens is 275 g/mol. The molecule has 0 fully saturated rings. The van der Waals surface area contributed by atoms with Gasteiger partial charge in [-0.3, -0.25) is 0 Å². The zero-order chi connectivity index (χ0) is 9.76. The van der Waals surface area contributed by atoms with Gasteiger partial charge in [0.1, 0.15) is 0 Å². The molecule has 0 radical (unpaired) electrons. The van der Waals surface area contributed by atoms with Gasteiger partial charge in [0.2, 0.25) is 0 Å². The van der Waals surface area contributed by atoms with E-state index in [0.717, 1.165) is 0 Å². The Morgan fingerprint density at radius 1 is 0.938 bits per heavy atom.